The number of carbonyl (C=O) groups excluding carboxylic acids is 2. The Morgan fingerprint density at radius 1 is 1.16 bits per heavy atom. The third kappa shape index (κ3) is 2.32. The summed E-state index contributed by atoms with van der Waals surface area (Å²) in [6.45, 7) is 0. The summed E-state index contributed by atoms with van der Waals surface area (Å²) in [5.41, 5.74) is 0.386. The van der Waals surface area contributed by atoms with Crippen LogP contribution in [0.25, 0.3) is 0 Å². The Hall–Kier alpha value is -1.20. The number of ketones is 2. The fourth-order valence-corrected chi connectivity index (χ4v) is 4.14. The topological polar surface area (TPSA) is 68.3 Å². The molecule has 1 atom stereocenters. The molecular weight excluding hydrogens is 288 g/mol. The van der Waals surface area contributed by atoms with Crippen LogP contribution >= 0.6 is 11.6 Å². The Morgan fingerprint density at radius 2 is 1.74 bits per heavy atom. The summed E-state index contributed by atoms with van der Waals surface area (Å²) in [7, 11) is -3.67. The lowest BCUT2D eigenvalue weighted by molar-refractivity contribution is -0.131. The molecule has 19 heavy (non-hydrogen) atoms. The number of halogens is 1. The molecule has 0 N–H and O–H groups in total. The number of carbonyl (C=O) groups is 2. The molecule has 0 bridgehead atoms. The summed E-state index contributed by atoms with van der Waals surface area (Å²) < 4.78 is 22.7. The molecular formula is C13H13ClO4S. The van der Waals surface area contributed by atoms with Crippen molar-refractivity contribution in [2.75, 3.05) is 6.26 Å². The molecule has 0 heterocycles. The number of sulfone groups is 1. The second kappa shape index (κ2) is 4.72. The maximum atomic E-state index is 12.2. The molecule has 0 aliphatic heterocycles. The Morgan fingerprint density at radius 3 is 2.21 bits per heavy atom. The number of rotatable bonds is 2. The van der Waals surface area contributed by atoms with Crippen molar-refractivity contribution in [1.29, 1.82) is 0 Å². The second-order valence-electron chi connectivity index (χ2n) is 4.74. The Balaban J connectivity index is 2.63. The lowest BCUT2D eigenvalue weighted by Crippen LogP contribution is -2.47. The zero-order valence-electron chi connectivity index (χ0n) is 10.3. The Kier molecular flexibility index (Phi) is 3.53. The highest BCUT2D eigenvalue weighted by Crippen LogP contribution is 2.40. The molecule has 2 rings (SSSR count). The van der Waals surface area contributed by atoms with E-state index in [1.54, 1.807) is 12.1 Å². The molecule has 102 valence electrons. The molecule has 0 aromatic heterocycles. The van der Waals surface area contributed by atoms with Crippen LogP contribution in [0.2, 0.25) is 5.02 Å². The zero-order valence-corrected chi connectivity index (χ0v) is 11.9. The van der Waals surface area contributed by atoms with E-state index in [0.29, 0.717) is 10.6 Å². The van der Waals surface area contributed by atoms with Gasteiger partial charge in [-0.25, -0.2) is 8.42 Å². The number of Topliss-reactive ketones (excluding diaryl/α,β-unsaturated/α-hetero) is 2. The Bertz CT molecular complexity index is 633. The van der Waals surface area contributed by atoms with Gasteiger partial charge in [0.05, 0.1) is 6.42 Å². The minimum absolute atomic E-state index is 0.00509. The highest BCUT2D eigenvalue weighted by atomic mass is 35.5. The SMILES string of the molecule is CS(=O)(=O)C1(c2ccc(Cl)cc2)CCC(=O)CC1=O. The van der Waals surface area contributed by atoms with Gasteiger partial charge in [0.2, 0.25) is 0 Å². The highest BCUT2D eigenvalue weighted by Gasteiger charge is 2.51. The van der Waals surface area contributed by atoms with Gasteiger partial charge in [0.15, 0.2) is 20.4 Å². The van der Waals surface area contributed by atoms with Crippen LogP contribution in [0.3, 0.4) is 0 Å². The van der Waals surface area contributed by atoms with Crippen LogP contribution in [0.4, 0.5) is 0 Å². The third-order valence-corrected chi connectivity index (χ3v) is 5.69. The van der Waals surface area contributed by atoms with E-state index in [9.17, 15) is 18.0 Å². The van der Waals surface area contributed by atoms with Gasteiger partial charge in [-0.3, -0.25) is 9.59 Å². The van der Waals surface area contributed by atoms with Crippen LogP contribution in [0.15, 0.2) is 24.3 Å². The van der Waals surface area contributed by atoms with Crippen LogP contribution < -0.4 is 0 Å². The van der Waals surface area contributed by atoms with E-state index in [-0.39, 0.29) is 25.0 Å². The van der Waals surface area contributed by atoms with Crippen molar-refractivity contribution in [2.45, 2.75) is 24.0 Å². The van der Waals surface area contributed by atoms with Gasteiger partial charge in [-0.1, -0.05) is 23.7 Å². The van der Waals surface area contributed by atoms with Crippen LogP contribution in [0, 0.1) is 0 Å². The fourth-order valence-electron chi connectivity index (χ4n) is 2.50. The van der Waals surface area contributed by atoms with Gasteiger partial charge in [0, 0.05) is 17.7 Å². The van der Waals surface area contributed by atoms with Gasteiger partial charge in [0.25, 0.3) is 0 Å². The van der Waals surface area contributed by atoms with Crippen molar-refractivity contribution in [1.82, 2.24) is 0 Å². The summed E-state index contributed by atoms with van der Waals surface area (Å²) in [6, 6.07) is 6.18. The number of hydrogen-bond acceptors (Lipinski definition) is 4. The van der Waals surface area contributed by atoms with Crippen molar-refractivity contribution in [2.24, 2.45) is 0 Å². The van der Waals surface area contributed by atoms with E-state index in [2.05, 4.69) is 0 Å². The number of benzene rings is 1. The van der Waals surface area contributed by atoms with Crippen molar-refractivity contribution < 1.29 is 18.0 Å². The molecule has 6 heteroatoms. The maximum Gasteiger partial charge on any atom is 0.165 e. The lowest BCUT2D eigenvalue weighted by Gasteiger charge is -2.33. The molecule has 1 aromatic carbocycles. The molecule has 1 aliphatic carbocycles. The van der Waals surface area contributed by atoms with E-state index in [1.165, 1.54) is 12.1 Å². The van der Waals surface area contributed by atoms with Crippen LogP contribution in [0.1, 0.15) is 24.8 Å². The van der Waals surface area contributed by atoms with E-state index >= 15 is 0 Å². The monoisotopic (exact) mass is 300 g/mol. The van der Waals surface area contributed by atoms with Crippen LogP contribution in [-0.2, 0) is 24.2 Å². The third-order valence-electron chi connectivity index (χ3n) is 3.51. The predicted octanol–water partition coefficient (Wildman–Crippen LogP) is 1.90. The summed E-state index contributed by atoms with van der Waals surface area (Å²) >= 11 is 5.78. The first-order valence-corrected chi connectivity index (χ1v) is 8.05. The molecule has 1 aliphatic rings. The molecule has 1 saturated carbocycles. The van der Waals surface area contributed by atoms with Crippen molar-refractivity contribution >= 4 is 33.0 Å². The summed E-state index contributed by atoms with van der Waals surface area (Å²) in [5.74, 6) is -0.758. The number of hydrogen-bond donors (Lipinski definition) is 0. The van der Waals surface area contributed by atoms with E-state index in [1.807, 2.05) is 0 Å². The largest absolute Gasteiger partial charge is 0.299 e. The summed E-state index contributed by atoms with van der Waals surface area (Å²) in [5, 5.41) is 0.465. The van der Waals surface area contributed by atoms with E-state index in [0.717, 1.165) is 6.26 Å². The van der Waals surface area contributed by atoms with Crippen molar-refractivity contribution in [3.05, 3.63) is 34.9 Å². The smallest absolute Gasteiger partial charge is 0.165 e. The molecule has 1 aromatic rings. The van der Waals surface area contributed by atoms with Gasteiger partial charge in [-0.05, 0) is 24.1 Å². The Labute approximate surface area is 116 Å². The summed E-state index contributed by atoms with van der Waals surface area (Å²) in [6.07, 6.45) is 0.817. The molecule has 0 saturated heterocycles. The average Bonchev–Trinajstić information content (AvgIpc) is 2.29. The second-order valence-corrected chi connectivity index (χ2v) is 7.42. The highest BCUT2D eigenvalue weighted by molar-refractivity contribution is 7.92. The fraction of sp³-hybridized carbons (Fsp3) is 0.385. The lowest BCUT2D eigenvalue weighted by atomic mass is 9.81. The first-order valence-electron chi connectivity index (χ1n) is 5.78. The molecule has 0 spiro atoms. The minimum atomic E-state index is -3.67. The molecule has 4 nitrogen and oxygen atoms in total. The molecule has 0 radical (unpaired) electrons. The quantitative estimate of drug-likeness (QED) is 0.782. The first-order chi connectivity index (χ1) is 8.77. The van der Waals surface area contributed by atoms with Gasteiger partial charge in [0.1, 0.15) is 5.78 Å². The minimum Gasteiger partial charge on any atom is -0.299 e. The van der Waals surface area contributed by atoms with Gasteiger partial charge < -0.3 is 0 Å². The van der Waals surface area contributed by atoms with Gasteiger partial charge in [-0.15, -0.1) is 0 Å². The van der Waals surface area contributed by atoms with Gasteiger partial charge >= 0.3 is 0 Å². The first kappa shape index (κ1) is 14.2. The zero-order chi connectivity index (χ0) is 14.3. The maximum absolute atomic E-state index is 12.2. The molecule has 0 amide bonds. The van der Waals surface area contributed by atoms with E-state index < -0.39 is 20.4 Å². The molecule has 1 fully saturated rings. The van der Waals surface area contributed by atoms with Crippen molar-refractivity contribution in [3.63, 3.8) is 0 Å². The standard InChI is InChI=1S/C13H13ClO4S/c1-19(17,18)13(7-6-11(15)8-12(13)16)9-2-4-10(14)5-3-9/h2-5H,6-8H2,1H3. The van der Waals surface area contributed by atoms with Crippen LogP contribution in [-0.4, -0.2) is 26.2 Å². The molecule has 1 unspecified atom stereocenters. The summed E-state index contributed by atoms with van der Waals surface area (Å²) in [4.78, 5) is 23.6. The van der Waals surface area contributed by atoms with E-state index in [4.69, 9.17) is 11.6 Å². The normalized spacial score (nSPS) is 24.5. The average molecular weight is 301 g/mol. The van der Waals surface area contributed by atoms with Crippen molar-refractivity contribution in [3.8, 4) is 0 Å². The van der Waals surface area contributed by atoms with Crippen LogP contribution in [0.5, 0.6) is 0 Å². The predicted molar refractivity (Wildman–Crippen MR) is 71.8 cm³/mol. The van der Waals surface area contributed by atoms with Gasteiger partial charge in [-0.2, -0.15) is 0 Å².